The smallest absolute Gasteiger partial charge is 0.430 e. The van der Waals surface area contributed by atoms with Crippen LogP contribution < -0.4 is 10.8 Å². The summed E-state index contributed by atoms with van der Waals surface area (Å²) in [6, 6.07) is 10.5. The molecule has 204 valence electrons. The lowest BCUT2D eigenvalue weighted by Crippen LogP contribution is -2.71. The average Bonchev–Trinajstić information content (AvgIpc) is 3.52. The lowest BCUT2D eigenvalue weighted by molar-refractivity contribution is -0.409. The Morgan fingerprint density at radius 2 is 1.71 bits per heavy atom. The number of carboxylic acid groups (broad SMARTS) is 1. The van der Waals surface area contributed by atoms with E-state index in [2.05, 4.69) is 15.9 Å². The third kappa shape index (κ3) is 6.62. The first-order valence-corrected chi connectivity index (χ1v) is 11.4. The molecule has 3 atom stereocenters. The number of halogens is 4. The molecule has 2 amide bonds. The summed E-state index contributed by atoms with van der Waals surface area (Å²) in [6.45, 7) is 0.428. The largest absolute Gasteiger partial charge is 0.542 e. The molecule has 3 N–H and O–H groups in total. The van der Waals surface area contributed by atoms with E-state index in [1.165, 1.54) is 9.80 Å². The van der Waals surface area contributed by atoms with E-state index in [9.17, 15) is 27.2 Å². The van der Waals surface area contributed by atoms with Crippen LogP contribution in [0.1, 0.15) is 17.9 Å². The van der Waals surface area contributed by atoms with E-state index < -0.39 is 30.3 Å². The molecule has 1 aromatic carbocycles. The quantitative estimate of drug-likeness (QED) is 0.456. The predicted octanol–water partition coefficient (Wildman–Crippen LogP) is 0.0476. The zero-order chi connectivity index (χ0) is 28.2. The number of likely N-dealkylation sites (N-methyl/N-ethyl adjacent to an activating group) is 1. The number of alkyl halides is 4. The van der Waals surface area contributed by atoms with Crippen molar-refractivity contribution >= 4 is 23.4 Å². The van der Waals surface area contributed by atoms with Crippen LogP contribution in [0, 0.1) is 0 Å². The van der Waals surface area contributed by atoms with E-state index >= 15 is 0 Å². The zero-order valence-electron chi connectivity index (χ0n) is 20.6. The van der Waals surface area contributed by atoms with Crippen LogP contribution in [0.15, 0.2) is 48.9 Å². The van der Waals surface area contributed by atoms with Crippen molar-refractivity contribution in [2.24, 2.45) is 0 Å². The molecule has 3 heterocycles. The number of amides is 2. The summed E-state index contributed by atoms with van der Waals surface area (Å²) in [5, 5.41) is 16.7. The molecule has 0 radical (unpaired) electrons. The molecule has 0 saturated carbocycles. The SMILES string of the molecule is CN(C)C(=O)[C@@H](c1ccc(-c2ccc3nncn3c2)cc1)[C@H]([NH3+])C(=O)N1CC[C@H](F)C1.O=C([O-])C(F)(F)F. The Labute approximate surface area is 214 Å². The van der Waals surface area contributed by atoms with Gasteiger partial charge in [0.25, 0.3) is 5.91 Å². The number of carbonyl (C=O) groups excluding carboxylic acids is 3. The summed E-state index contributed by atoms with van der Waals surface area (Å²) >= 11 is 0. The highest BCUT2D eigenvalue weighted by atomic mass is 19.4. The van der Waals surface area contributed by atoms with Gasteiger partial charge in [-0.3, -0.25) is 14.0 Å². The zero-order valence-corrected chi connectivity index (χ0v) is 20.6. The second-order valence-electron chi connectivity index (χ2n) is 8.91. The van der Waals surface area contributed by atoms with Crippen LogP contribution in [-0.2, 0) is 14.4 Å². The molecule has 10 nitrogen and oxygen atoms in total. The van der Waals surface area contributed by atoms with Gasteiger partial charge in [0.05, 0.1) is 6.54 Å². The Morgan fingerprint density at radius 1 is 1.11 bits per heavy atom. The van der Waals surface area contributed by atoms with Crippen molar-refractivity contribution in [1.82, 2.24) is 24.4 Å². The van der Waals surface area contributed by atoms with Gasteiger partial charge in [-0.05, 0) is 35.2 Å². The van der Waals surface area contributed by atoms with Crippen LogP contribution >= 0.6 is 0 Å². The second kappa shape index (κ2) is 11.5. The van der Waals surface area contributed by atoms with E-state index in [4.69, 9.17) is 9.90 Å². The number of aliphatic carboxylic acids is 1. The number of rotatable bonds is 5. The number of benzene rings is 1. The van der Waals surface area contributed by atoms with Crippen molar-refractivity contribution in [2.45, 2.75) is 30.7 Å². The highest BCUT2D eigenvalue weighted by Crippen LogP contribution is 2.27. The molecule has 0 unspecified atom stereocenters. The van der Waals surface area contributed by atoms with Crippen molar-refractivity contribution in [2.75, 3.05) is 27.2 Å². The Bertz CT molecular complexity index is 1300. The molecule has 3 aromatic rings. The van der Waals surface area contributed by atoms with Gasteiger partial charge in [0, 0.05) is 26.8 Å². The van der Waals surface area contributed by atoms with Gasteiger partial charge < -0.3 is 25.4 Å². The van der Waals surface area contributed by atoms with Crippen molar-refractivity contribution in [3.63, 3.8) is 0 Å². The minimum absolute atomic E-state index is 0.0677. The second-order valence-corrected chi connectivity index (χ2v) is 8.91. The number of aromatic nitrogens is 3. The van der Waals surface area contributed by atoms with Gasteiger partial charge in [0.1, 0.15) is 24.4 Å². The van der Waals surface area contributed by atoms with Gasteiger partial charge in [-0.2, -0.15) is 13.2 Å². The van der Waals surface area contributed by atoms with Crippen molar-refractivity contribution in [3.05, 3.63) is 54.5 Å². The number of nitrogens with zero attached hydrogens (tertiary/aromatic N) is 5. The number of carbonyl (C=O) groups is 3. The molecule has 0 spiro atoms. The average molecular weight is 539 g/mol. The molecule has 38 heavy (non-hydrogen) atoms. The summed E-state index contributed by atoms with van der Waals surface area (Å²) in [5.41, 5.74) is 7.42. The molecule has 1 saturated heterocycles. The van der Waals surface area contributed by atoms with Gasteiger partial charge in [0.2, 0.25) is 5.91 Å². The molecule has 1 aliphatic rings. The van der Waals surface area contributed by atoms with Crippen LogP contribution in [0.3, 0.4) is 0 Å². The first-order valence-electron chi connectivity index (χ1n) is 11.4. The number of fused-ring (bicyclic) bond motifs is 1. The Balaban J connectivity index is 0.000000505. The molecule has 1 aliphatic heterocycles. The highest BCUT2D eigenvalue weighted by molar-refractivity contribution is 5.92. The minimum atomic E-state index is -5.19. The first-order chi connectivity index (χ1) is 17.8. The van der Waals surface area contributed by atoms with Gasteiger partial charge in [-0.15, -0.1) is 10.2 Å². The van der Waals surface area contributed by atoms with Crippen LogP contribution in [0.4, 0.5) is 17.6 Å². The molecule has 0 bridgehead atoms. The van der Waals surface area contributed by atoms with Gasteiger partial charge >= 0.3 is 6.18 Å². The molecule has 14 heteroatoms. The van der Waals surface area contributed by atoms with E-state index in [-0.39, 0.29) is 18.4 Å². The molecule has 0 aliphatic carbocycles. The molecular formula is C24H26F4N6O4. The van der Waals surface area contributed by atoms with Crippen LogP contribution in [-0.4, -0.2) is 87.8 Å². The summed E-state index contributed by atoms with van der Waals surface area (Å²) in [7, 11) is 3.31. The van der Waals surface area contributed by atoms with Gasteiger partial charge in [0.15, 0.2) is 11.7 Å². The van der Waals surface area contributed by atoms with Crippen molar-refractivity contribution < 1.29 is 42.8 Å². The minimum Gasteiger partial charge on any atom is -0.542 e. The number of hydrogen-bond acceptors (Lipinski definition) is 6. The normalized spacial score (nSPS) is 16.9. The van der Waals surface area contributed by atoms with Crippen LogP contribution in [0.2, 0.25) is 0 Å². The Morgan fingerprint density at radius 3 is 2.24 bits per heavy atom. The number of likely N-dealkylation sites (tertiary alicyclic amines) is 1. The van der Waals surface area contributed by atoms with E-state index in [0.29, 0.717) is 18.5 Å². The van der Waals surface area contributed by atoms with Gasteiger partial charge in [-0.25, -0.2) is 4.39 Å². The molecular weight excluding hydrogens is 512 g/mol. The Kier molecular flexibility index (Phi) is 8.66. The summed E-state index contributed by atoms with van der Waals surface area (Å²) in [4.78, 5) is 37.6. The Hall–Kier alpha value is -4.07. The third-order valence-corrected chi connectivity index (χ3v) is 5.99. The lowest BCUT2D eigenvalue weighted by atomic mass is 9.88. The number of hydrogen-bond donors (Lipinski definition) is 1. The predicted molar refractivity (Wildman–Crippen MR) is 124 cm³/mol. The summed E-state index contributed by atoms with van der Waals surface area (Å²) < 4.78 is 47.0. The maximum absolute atomic E-state index is 13.6. The summed E-state index contributed by atoms with van der Waals surface area (Å²) in [5.74, 6) is -4.24. The first kappa shape index (κ1) is 28.5. The lowest BCUT2D eigenvalue weighted by Gasteiger charge is -2.26. The van der Waals surface area contributed by atoms with Crippen LogP contribution in [0.25, 0.3) is 16.8 Å². The molecule has 1 fully saturated rings. The van der Waals surface area contributed by atoms with Crippen molar-refractivity contribution in [1.29, 1.82) is 0 Å². The molecule has 2 aromatic heterocycles. The number of carboxylic acids is 1. The van der Waals surface area contributed by atoms with Crippen LogP contribution in [0.5, 0.6) is 0 Å². The molecule has 4 rings (SSSR count). The maximum Gasteiger partial charge on any atom is 0.430 e. The number of pyridine rings is 1. The maximum atomic E-state index is 13.6. The monoisotopic (exact) mass is 538 g/mol. The fourth-order valence-electron chi connectivity index (χ4n) is 4.00. The van der Waals surface area contributed by atoms with E-state index in [1.807, 2.05) is 47.0 Å². The highest BCUT2D eigenvalue weighted by Gasteiger charge is 2.40. The topological polar surface area (TPSA) is 139 Å². The fraction of sp³-hybridized carbons (Fsp3) is 0.375. The third-order valence-electron chi connectivity index (χ3n) is 5.99. The number of quaternary nitrogens is 1. The van der Waals surface area contributed by atoms with Crippen molar-refractivity contribution in [3.8, 4) is 11.1 Å². The standard InChI is InChI=1S/C22H25FN6O2.C2HF3O2/c1-27(2)21(30)19(20(24)22(31)28-10-9-17(23)12-28)15-5-3-14(4-6-15)16-7-8-18-26-25-13-29(18)11-16;3-2(4,5)1(6)7/h3-8,11,13,17,19-20H,9-10,12,24H2,1-2H3;(H,6,7)/t17-,19-,20-;/m0./s1. The fourth-order valence-corrected chi connectivity index (χ4v) is 4.00. The van der Waals surface area contributed by atoms with Gasteiger partial charge in [-0.1, -0.05) is 24.3 Å². The summed E-state index contributed by atoms with van der Waals surface area (Å²) in [6.07, 6.45) is -2.31. The van der Waals surface area contributed by atoms with E-state index in [0.717, 1.165) is 16.8 Å². The van der Waals surface area contributed by atoms with E-state index in [1.54, 1.807) is 20.4 Å².